The van der Waals surface area contributed by atoms with E-state index in [1.807, 2.05) is 32.0 Å². The van der Waals surface area contributed by atoms with Gasteiger partial charge in [0.05, 0.1) is 12.2 Å². The van der Waals surface area contributed by atoms with Crippen molar-refractivity contribution in [3.63, 3.8) is 0 Å². The smallest absolute Gasteiger partial charge is 0.335 e. The van der Waals surface area contributed by atoms with Gasteiger partial charge in [-0.15, -0.1) is 0 Å². The second kappa shape index (κ2) is 12.6. The van der Waals surface area contributed by atoms with Crippen molar-refractivity contribution in [1.29, 1.82) is 5.26 Å². The van der Waals surface area contributed by atoms with E-state index in [4.69, 9.17) is 14.6 Å². The fourth-order valence-corrected chi connectivity index (χ4v) is 3.71. The lowest BCUT2D eigenvalue weighted by molar-refractivity contribution is -0.112. The van der Waals surface area contributed by atoms with Gasteiger partial charge < -0.3 is 19.9 Å². The number of nitriles is 1. The van der Waals surface area contributed by atoms with Crippen molar-refractivity contribution in [2.45, 2.75) is 26.9 Å². The number of carboxylic acids is 1. The molecule has 3 aromatic carbocycles. The van der Waals surface area contributed by atoms with Crippen LogP contribution >= 0.6 is 15.9 Å². The van der Waals surface area contributed by atoms with Crippen LogP contribution in [0.5, 0.6) is 11.5 Å². The quantitative estimate of drug-likeness (QED) is 0.229. The first-order valence-electron chi connectivity index (χ1n) is 11.3. The van der Waals surface area contributed by atoms with Gasteiger partial charge in [0.2, 0.25) is 0 Å². The van der Waals surface area contributed by atoms with Gasteiger partial charge in [0.1, 0.15) is 18.2 Å². The molecule has 184 valence electrons. The van der Waals surface area contributed by atoms with E-state index in [0.29, 0.717) is 33.8 Å². The third kappa shape index (κ3) is 6.96. The van der Waals surface area contributed by atoms with Crippen LogP contribution in [0.2, 0.25) is 0 Å². The Bertz CT molecular complexity index is 1310. The van der Waals surface area contributed by atoms with Crippen molar-refractivity contribution in [2.75, 3.05) is 11.9 Å². The molecule has 7 nitrogen and oxygen atoms in total. The number of hydrogen-bond acceptors (Lipinski definition) is 5. The van der Waals surface area contributed by atoms with Crippen molar-refractivity contribution in [3.8, 4) is 17.6 Å². The second-order valence-electron chi connectivity index (χ2n) is 7.72. The summed E-state index contributed by atoms with van der Waals surface area (Å²) in [6, 6.07) is 19.2. The highest BCUT2D eigenvalue weighted by molar-refractivity contribution is 9.10. The molecule has 0 aliphatic heterocycles. The molecule has 0 saturated carbocycles. The number of carbonyl (C=O) groups is 2. The first-order valence-corrected chi connectivity index (χ1v) is 12.1. The van der Waals surface area contributed by atoms with E-state index in [2.05, 4.69) is 21.2 Å². The highest BCUT2D eigenvalue weighted by Crippen LogP contribution is 2.35. The Kier molecular flexibility index (Phi) is 9.25. The molecule has 3 rings (SSSR count). The predicted octanol–water partition coefficient (Wildman–Crippen LogP) is 6.23. The molecule has 0 aliphatic rings. The van der Waals surface area contributed by atoms with Gasteiger partial charge >= 0.3 is 5.97 Å². The largest absolute Gasteiger partial charge is 0.490 e. The average Bonchev–Trinajstić information content (AvgIpc) is 2.88. The van der Waals surface area contributed by atoms with Crippen LogP contribution in [0.1, 0.15) is 40.9 Å². The summed E-state index contributed by atoms with van der Waals surface area (Å²) in [4.78, 5) is 23.7. The molecule has 2 N–H and O–H groups in total. The van der Waals surface area contributed by atoms with Crippen molar-refractivity contribution in [2.24, 2.45) is 0 Å². The number of carbonyl (C=O) groups excluding carboxylic acids is 1. The Balaban J connectivity index is 1.80. The Morgan fingerprint density at radius 1 is 1.00 bits per heavy atom. The lowest BCUT2D eigenvalue weighted by Crippen LogP contribution is -2.13. The van der Waals surface area contributed by atoms with Gasteiger partial charge in [0.25, 0.3) is 5.91 Å². The summed E-state index contributed by atoms with van der Waals surface area (Å²) in [5.74, 6) is -0.602. The normalized spacial score (nSPS) is 10.9. The molecular formula is C28H25BrN2O5. The molecule has 0 heterocycles. The topological polar surface area (TPSA) is 109 Å². The Hall–Kier alpha value is -4.09. The number of benzene rings is 3. The molecule has 0 radical (unpaired) electrons. The van der Waals surface area contributed by atoms with Gasteiger partial charge in [-0.2, -0.15) is 5.26 Å². The molecule has 0 fully saturated rings. The number of halogens is 1. The first-order chi connectivity index (χ1) is 17.3. The van der Waals surface area contributed by atoms with Crippen molar-refractivity contribution < 1.29 is 24.2 Å². The van der Waals surface area contributed by atoms with E-state index >= 15 is 0 Å². The molecule has 8 heteroatoms. The minimum absolute atomic E-state index is 0.0649. The van der Waals surface area contributed by atoms with Crippen LogP contribution in [0.25, 0.3) is 6.08 Å². The predicted molar refractivity (Wildman–Crippen MR) is 141 cm³/mol. The number of anilines is 1. The molecule has 3 aromatic rings. The summed E-state index contributed by atoms with van der Waals surface area (Å²) in [5.41, 5.74) is 3.25. The molecule has 0 atom stereocenters. The standard InChI is InChI=1S/C28H25BrN2O5/c1-3-18-7-11-23(12-8-18)31-27(32)22(16-30)13-21-14-25(35-4-2)26(15-24(21)29)36-17-19-5-9-20(10-6-19)28(33)34/h5-15H,3-4,17H2,1-2H3,(H,31,32)(H,33,34)/b22-13+. The third-order valence-electron chi connectivity index (χ3n) is 5.24. The number of rotatable bonds is 10. The third-order valence-corrected chi connectivity index (χ3v) is 5.93. The highest BCUT2D eigenvalue weighted by atomic mass is 79.9. The van der Waals surface area contributed by atoms with E-state index in [-0.39, 0.29) is 17.7 Å². The number of hydrogen-bond donors (Lipinski definition) is 2. The van der Waals surface area contributed by atoms with Crippen LogP contribution in [0, 0.1) is 11.3 Å². The maximum atomic E-state index is 12.7. The van der Waals surface area contributed by atoms with Crippen LogP contribution in [-0.2, 0) is 17.8 Å². The van der Waals surface area contributed by atoms with Gasteiger partial charge in [-0.05, 0) is 72.5 Å². The highest BCUT2D eigenvalue weighted by Gasteiger charge is 2.15. The lowest BCUT2D eigenvalue weighted by Gasteiger charge is -2.14. The van der Waals surface area contributed by atoms with Crippen LogP contribution in [0.4, 0.5) is 5.69 Å². The zero-order chi connectivity index (χ0) is 26.1. The second-order valence-corrected chi connectivity index (χ2v) is 8.57. The summed E-state index contributed by atoms with van der Waals surface area (Å²) < 4.78 is 12.3. The van der Waals surface area contributed by atoms with E-state index < -0.39 is 11.9 Å². The maximum Gasteiger partial charge on any atom is 0.335 e. The number of aromatic carboxylic acids is 1. The van der Waals surface area contributed by atoms with E-state index in [1.165, 1.54) is 18.2 Å². The number of amides is 1. The average molecular weight is 549 g/mol. The number of nitrogens with one attached hydrogen (secondary N) is 1. The van der Waals surface area contributed by atoms with Crippen molar-refractivity contribution >= 4 is 39.6 Å². The summed E-state index contributed by atoms with van der Waals surface area (Å²) in [5, 5.41) is 21.4. The summed E-state index contributed by atoms with van der Waals surface area (Å²) in [7, 11) is 0. The van der Waals surface area contributed by atoms with Crippen molar-refractivity contribution in [1.82, 2.24) is 0 Å². The molecule has 0 aliphatic carbocycles. The summed E-state index contributed by atoms with van der Waals surface area (Å²) in [6.07, 6.45) is 2.38. The zero-order valence-electron chi connectivity index (χ0n) is 19.9. The molecule has 0 spiro atoms. The Morgan fingerprint density at radius 2 is 1.64 bits per heavy atom. The zero-order valence-corrected chi connectivity index (χ0v) is 21.5. The van der Waals surface area contributed by atoms with Gasteiger partial charge in [-0.1, -0.05) is 47.1 Å². The van der Waals surface area contributed by atoms with E-state index in [9.17, 15) is 14.9 Å². The molecule has 0 saturated heterocycles. The fraction of sp³-hybridized carbons (Fsp3) is 0.179. The number of ether oxygens (including phenoxy) is 2. The van der Waals surface area contributed by atoms with E-state index in [1.54, 1.807) is 36.4 Å². The molecular weight excluding hydrogens is 524 g/mol. The molecule has 0 unspecified atom stereocenters. The number of nitrogens with zero attached hydrogens (tertiary/aromatic N) is 1. The molecule has 1 amide bonds. The van der Waals surface area contributed by atoms with Gasteiger partial charge in [-0.3, -0.25) is 4.79 Å². The SMILES string of the molecule is CCOc1cc(/C=C(\C#N)C(=O)Nc2ccc(CC)cc2)c(Br)cc1OCc1ccc(C(=O)O)cc1. The molecule has 0 bridgehead atoms. The number of carboxylic acid groups (broad SMARTS) is 1. The minimum Gasteiger partial charge on any atom is -0.490 e. The van der Waals surface area contributed by atoms with Gasteiger partial charge in [0, 0.05) is 10.2 Å². The number of aryl methyl sites for hydroxylation is 1. The van der Waals surface area contributed by atoms with Crippen LogP contribution in [0.15, 0.2) is 70.7 Å². The fourth-order valence-electron chi connectivity index (χ4n) is 3.27. The summed E-state index contributed by atoms with van der Waals surface area (Å²) >= 11 is 3.49. The molecule has 36 heavy (non-hydrogen) atoms. The monoisotopic (exact) mass is 548 g/mol. The molecule has 0 aromatic heterocycles. The first kappa shape index (κ1) is 26.5. The Labute approximate surface area is 218 Å². The van der Waals surface area contributed by atoms with Crippen LogP contribution < -0.4 is 14.8 Å². The van der Waals surface area contributed by atoms with E-state index in [0.717, 1.165) is 17.5 Å². The van der Waals surface area contributed by atoms with Gasteiger partial charge in [0.15, 0.2) is 11.5 Å². The van der Waals surface area contributed by atoms with Crippen molar-refractivity contribution in [3.05, 3.63) is 93.0 Å². The van der Waals surface area contributed by atoms with Gasteiger partial charge in [-0.25, -0.2) is 4.79 Å². The summed E-state index contributed by atoms with van der Waals surface area (Å²) in [6.45, 7) is 4.47. The lowest BCUT2D eigenvalue weighted by atomic mass is 10.1. The van der Waals surface area contributed by atoms with Crippen LogP contribution in [0.3, 0.4) is 0 Å². The van der Waals surface area contributed by atoms with Crippen LogP contribution in [-0.4, -0.2) is 23.6 Å². The minimum atomic E-state index is -0.992. The maximum absolute atomic E-state index is 12.7. The Morgan fingerprint density at radius 3 is 2.22 bits per heavy atom.